The molecule has 0 spiro atoms. The first-order valence-corrected chi connectivity index (χ1v) is 8.48. The zero-order valence-corrected chi connectivity index (χ0v) is 15.8. The van der Waals surface area contributed by atoms with Crippen molar-refractivity contribution in [3.63, 3.8) is 0 Å². The topological polar surface area (TPSA) is 87.5 Å². The molecule has 136 valence electrons. The molecule has 3 rings (SSSR count). The van der Waals surface area contributed by atoms with E-state index in [1.807, 2.05) is 0 Å². The SMILES string of the molecule is CC1=C(C(=O)Nc2cc(C)on2)[C@H](c2ccc(Cl)c(Cl)c2)NC(=O)N1C. The zero-order valence-electron chi connectivity index (χ0n) is 14.3. The summed E-state index contributed by atoms with van der Waals surface area (Å²) >= 11 is 12.1. The molecule has 1 atom stereocenters. The average molecular weight is 395 g/mol. The van der Waals surface area contributed by atoms with Crippen LogP contribution in [0.4, 0.5) is 10.6 Å². The van der Waals surface area contributed by atoms with Crippen molar-refractivity contribution in [2.45, 2.75) is 19.9 Å². The average Bonchev–Trinajstić information content (AvgIpc) is 2.99. The Morgan fingerprint density at radius 1 is 1.27 bits per heavy atom. The number of urea groups is 1. The Bertz CT molecular complexity index is 922. The lowest BCUT2D eigenvalue weighted by molar-refractivity contribution is -0.113. The van der Waals surface area contributed by atoms with Gasteiger partial charge in [-0.05, 0) is 31.5 Å². The molecule has 0 radical (unpaired) electrons. The fraction of sp³-hybridized carbons (Fsp3) is 0.235. The molecule has 0 fully saturated rings. The minimum absolute atomic E-state index is 0.292. The second-order valence-electron chi connectivity index (χ2n) is 5.89. The smallest absolute Gasteiger partial charge is 0.322 e. The summed E-state index contributed by atoms with van der Waals surface area (Å²) < 4.78 is 4.97. The third kappa shape index (κ3) is 3.40. The molecule has 7 nitrogen and oxygen atoms in total. The molecule has 3 amide bonds. The summed E-state index contributed by atoms with van der Waals surface area (Å²) in [6.45, 7) is 3.42. The number of hydrogen-bond donors (Lipinski definition) is 2. The van der Waals surface area contributed by atoms with E-state index in [0.29, 0.717) is 38.5 Å². The van der Waals surface area contributed by atoms with E-state index < -0.39 is 11.9 Å². The number of carbonyl (C=O) groups is 2. The summed E-state index contributed by atoms with van der Waals surface area (Å²) in [5.74, 6) is 0.458. The van der Waals surface area contributed by atoms with Gasteiger partial charge >= 0.3 is 6.03 Å². The van der Waals surface area contributed by atoms with Crippen molar-refractivity contribution in [1.82, 2.24) is 15.4 Å². The number of anilines is 1. The number of benzene rings is 1. The van der Waals surface area contributed by atoms with Crippen molar-refractivity contribution in [1.29, 1.82) is 0 Å². The molecule has 9 heteroatoms. The minimum Gasteiger partial charge on any atom is -0.360 e. The van der Waals surface area contributed by atoms with Crippen LogP contribution in [0.2, 0.25) is 10.0 Å². The van der Waals surface area contributed by atoms with Gasteiger partial charge in [0.25, 0.3) is 5.91 Å². The van der Waals surface area contributed by atoms with Crippen molar-refractivity contribution >= 4 is 41.0 Å². The lowest BCUT2D eigenvalue weighted by Gasteiger charge is -2.33. The maximum atomic E-state index is 12.9. The lowest BCUT2D eigenvalue weighted by Crippen LogP contribution is -2.46. The highest BCUT2D eigenvalue weighted by atomic mass is 35.5. The van der Waals surface area contributed by atoms with E-state index in [9.17, 15) is 9.59 Å². The van der Waals surface area contributed by atoms with E-state index in [0.717, 1.165) is 0 Å². The second kappa shape index (κ2) is 7.01. The largest absolute Gasteiger partial charge is 0.360 e. The molecule has 26 heavy (non-hydrogen) atoms. The first kappa shape index (κ1) is 18.3. The van der Waals surface area contributed by atoms with Crippen LogP contribution in [0.25, 0.3) is 0 Å². The number of allylic oxidation sites excluding steroid dienone is 1. The van der Waals surface area contributed by atoms with Crippen molar-refractivity contribution < 1.29 is 14.1 Å². The van der Waals surface area contributed by atoms with Crippen LogP contribution in [-0.4, -0.2) is 29.0 Å². The van der Waals surface area contributed by atoms with Crippen LogP contribution in [0, 0.1) is 6.92 Å². The van der Waals surface area contributed by atoms with E-state index in [4.69, 9.17) is 27.7 Å². The van der Waals surface area contributed by atoms with Crippen LogP contribution in [0.5, 0.6) is 0 Å². The first-order valence-electron chi connectivity index (χ1n) is 7.72. The zero-order chi connectivity index (χ0) is 19.0. The van der Waals surface area contributed by atoms with Gasteiger partial charge in [0.15, 0.2) is 5.82 Å². The van der Waals surface area contributed by atoms with Gasteiger partial charge in [-0.3, -0.25) is 4.79 Å². The van der Waals surface area contributed by atoms with E-state index in [-0.39, 0.29) is 6.03 Å². The Kier molecular flexibility index (Phi) is 4.93. The maximum absolute atomic E-state index is 12.9. The number of nitrogens with zero attached hydrogens (tertiary/aromatic N) is 2. The molecular weight excluding hydrogens is 379 g/mol. The fourth-order valence-electron chi connectivity index (χ4n) is 2.68. The molecular formula is C17H16Cl2N4O3. The van der Waals surface area contributed by atoms with Crippen LogP contribution >= 0.6 is 23.2 Å². The number of aryl methyl sites for hydroxylation is 1. The predicted molar refractivity (Wildman–Crippen MR) is 98.1 cm³/mol. The van der Waals surface area contributed by atoms with E-state index >= 15 is 0 Å². The Hall–Kier alpha value is -2.51. The van der Waals surface area contributed by atoms with Crippen LogP contribution in [-0.2, 0) is 4.79 Å². The summed E-state index contributed by atoms with van der Waals surface area (Å²) in [5, 5.41) is 9.98. The predicted octanol–water partition coefficient (Wildman–Crippen LogP) is 3.90. The van der Waals surface area contributed by atoms with Crippen LogP contribution in [0.3, 0.4) is 0 Å². The standard InChI is InChI=1S/C17H16Cl2N4O3/c1-8-6-13(22-26-8)20-16(24)14-9(2)23(3)17(25)21-15(14)10-4-5-11(18)12(19)7-10/h4-7,15H,1-3H3,(H,21,25)(H,20,22,24)/t15-/m0/s1. The third-order valence-electron chi connectivity index (χ3n) is 4.15. The summed E-state index contributed by atoms with van der Waals surface area (Å²) in [5.41, 5.74) is 1.52. The van der Waals surface area contributed by atoms with Gasteiger partial charge in [0.1, 0.15) is 5.76 Å². The quantitative estimate of drug-likeness (QED) is 0.825. The normalized spacial score (nSPS) is 17.3. The van der Waals surface area contributed by atoms with Gasteiger partial charge in [-0.25, -0.2) is 4.79 Å². The molecule has 0 saturated heterocycles. The Morgan fingerprint density at radius 3 is 2.62 bits per heavy atom. The van der Waals surface area contributed by atoms with E-state index in [2.05, 4.69) is 15.8 Å². The molecule has 2 heterocycles. The Labute approximate surface area is 159 Å². The third-order valence-corrected chi connectivity index (χ3v) is 4.88. The van der Waals surface area contributed by atoms with Gasteiger partial charge in [-0.2, -0.15) is 0 Å². The fourth-order valence-corrected chi connectivity index (χ4v) is 2.99. The van der Waals surface area contributed by atoms with Gasteiger partial charge in [-0.15, -0.1) is 0 Å². The Balaban J connectivity index is 2.02. The number of halogens is 2. The van der Waals surface area contributed by atoms with Crippen molar-refractivity contribution in [2.75, 3.05) is 12.4 Å². The number of aromatic nitrogens is 1. The first-order chi connectivity index (χ1) is 12.3. The van der Waals surface area contributed by atoms with Crippen molar-refractivity contribution in [2.24, 2.45) is 0 Å². The number of amides is 3. The van der Waals surface area contributed by atoms with Crippen LogP contribution in [0.1, 0.15) is 24.3 Å². The van der Waals surface area contributed by atoms with Crippen molar-refractivity contribution in [3.8, 4) is 0 Å². The van der Waals surface area contributed by atoms with Gasteiger partial charge in [0, 0.05) is 18.8 Å². The molecule has 1 aromatic heterocycles. The molecule has 0 aliphatic carbocycles. The Morgan fingerprint density at radius 2 is 2.00 bits per heavy atom. The molecule has 1 aliphatic heterocycles. The van der Waals surface area contributed by atoms with Crippen molar-refractivity contribution in [3.05, 3.63) is 56.9 Å². The van der Waals surface area contributed by atoms with Crippen LogP contribution in [0.15, 0.2) is 40.1 Å². The number of rotatable bonds is 3. The molecule has 2 N–H and O–H groups in total. The lowest BCUT2D eigenvalue weighted by atomic mass is 9.94. The minimum atomic E-state index is -0.679. The molecule has 0 saturated carbocycles. The van der Waals surface area contributed by atoms with Gasteiger partial charge in [-0.1, -0.05) is 34.4 Å². The highest BCUT2D eigenvalue weighted by Crippen LogP contribution is 2.33. The van der Waals surface area contributed by atoms with E-state index in [1.165, 1.54) is 4.90 Å². The summed E-state index contributed by atoms with van der Waals surface area (Å²) in [4.78, 5) is 26.5. The monoisotopic (exact) mass is 394 g/mol. The number of nitrogens with one attached hydrogen (secondary N) is 2. The highest BCUT2D eigenvalue weighted by Gasteiger charge is 2.34. The summed E-state index contributed by atoms with van der Waals surface area (Å²) in [6.07, 6.45) is 0. The number of hydrogen-bond acceptors (Lipinski definition) is 4. The summed E-state index contributed by atoms with van der Waals surface area (Å²) in [6, 6.07) is 5.56. The molecule has 0 bridgehead atoms. The van der Waals surface area contributed by atoms with Crippen LogP contribution < -0.4 is 10.6 Å². The maximum Gasteiger partial charge on any atom is 0.322 e. The highest BCUT2D eigenvalue weighted by molar-refractivity contribution is 6.42. The number of carbonyl (C=O) groups excluding carboxylic acids is 2. The second-order valence-corrected chi connectivity index (χ2v) is 6.71. The van der Waals surface area contributed by atoms with E-state index in [1.54, 1.807) is 45.2 Å². The van der Waals surface area contributed by atoms with Gasteiger partial charge in [0.2, 0.25) is 0 Å². The molecule has 1 aromatic carbocycles. The molecule has 0 unspecified atom stereocenters. The van der Waals surface area contributed by atoms with Gasteiger partial charge in [0.05, 0.1) is 21.7 Å². The molecule has 2 aromatic rings. The summed E-state index contributed by atoms with van der Waals surface area (Å²) in [7, 11) is 1.59. The van der Waals surface area contributed by atoms with Gasteiger partial charge < -0.3 is 20.1 Å². The molecule has 1 aliphatic rings.